The lowest BCUT2D eigenvalue weighted by atomic mass is 9.87. The van der Waals surface area contributed by atoms with E-state index in [2.05, 4.69) is 0 Å². The number of carbonyl (C=O) groups excluding carboxylic acids is 2. The van der Waals surface area contributed by atoms with Crippen LogP contribution in [0.3, 0.4) is 0 Å². The van der Waals surface area contributed by atoms with Crippen LogP contribution in [0.25, 0.3) is 0 Å². The molecule has 104 valence electrons. The fourth-order valence-electron chi connectivity index (χ4n) is 2.20. The van der Waals surface area contributed by atoms with E-state index >= 15 is 0 Å². The van der Waals surface area contributed by atoms with E-state index in [1.807, 2.05) is 19.9 Å². The van der Waals surface area contributed by atoms with E-state index in [1.165, 1.54) is 19.3 Å². The fraction of sp³-hybridized carbons (Fsp3) is 0.750. The standard InChI is InChI=1S/C8H14O.C6H8O.C2H6/c1-7(9)8-5-3-2-4-6-8;7-6-4-2-1-3-5-6;1-2/h8H,2-6H2,1H3;2,4H,1,3,5H2;1-2H3. The first-order valence-electron chi connectivity index (χ1n) is 7.40. The molecule has 0 bridgehead atoms. The van der Waals surface area contributed by atoms with Gasteiger partial charge in [0.2, 0.25) is 0 Å². The van der Waals surface area contributed by atoms with Crippen LogP contribution in [-0.4, -0.2) is 11.6 Å². The van der Waals surface area contributed by atoms with Crippen molar-refractivity contribution in [1.82, 2.24) is 0 Å². The lowest BCUT2D eigenvalue weighted by molar-refractivity contribution is -0.121. The van der Waals surface area contributed by atoms with Crippen molar-refractivity contribution in [3.05, 3.63) is 12.2 Å². The van der Waals surface area contributed by atoms with Gasteiger partial charge in [-0.25, -0.2) is 0 Å². The summed E-state index contributed by atoms with van der Waals surface area (Å²) in [6, 6.07) is 0. The van der Waals surface area contributed by atoms with Crippen molar-refractivity contribution in [2.45, 2.75) is 72.1 Å². The van der Waals surface area contributed by atoms with Crippen LogP contribution in [0.15, 0.2) is 12.2 Å². The van der Waals surface area contributed by atoms with Gasteiger partial charge in [-0.1, -0.05) is 39.2 Å². The first kappa shape index (κ1) is 17.1. The van der Waals surface area contributed by atoms with Crippen LogP contribution in [0, 0.1) is 5.92 Å². The van der Waals surface area contributed by atoms with Gasteiger partial charge in [-0.2, -0.15) is 0 Å². The summed E-state index contributed by atoms with van der Waals surface area (Å²) in [6.45, 7) is 5.72. The first-order chi connectivity index (χ1) is 8.70. The maximum absolute atomic E-state index is 10.8. The molecule has 2 heteroatoms. The second kappa shape index (κ2) is 11.2. The average Bonchev–Trinajstić information content (AvgIpc) is 2.43. The molecule has 0 unspecified atom stereocenters. The Balaban J connectivity index is 0.000000289. The molecule has 0 amide bonds. The molecule has 2 nitrogen and oxygen atoms in total. The molecule has 0 aromatic rings. The number of ketones is 2. The van der Waals surface area contributed by atoms with Crippen molar-refractivity contribution in [1.29, 1.82) is 0 Å². The van der Waals surface area contributed by atoms with E-state index in [0.29, 0.717) is 11.7 Å². The topological polar surface area (TPSA) is 34.1 Å². The van der Waals surface area contributed by atoms with E-state index in [-0.39, 0.29) is 5.78 Å². The van der Waals surface area contributed by atoms with Gasteiger partial charge in [-0.3, -0.25) is 9.59 Å². The second-order valence-electron chi connectivity index (χ2n) is 4.71. The van der Waals surface area contributed by atoms with Gasteiger partial charge in [0.15, 0.2) is 5.78 Å². The third-order valence-electron chi connectivity index (χ3n) is 3.28. The minimum atomic E-state index is 0.284. The van der Waals surface area contributed by atoms with Crippen molar-refractivity contribution in [3.63, 3.8) is 0 Å². The molecule has 0 spiro atoms. The predicted octanol–water partition coefficient (Wildman–Crippen LogP) is 4.48. The van der Waals surface area contributed by atoms with Crippen LogP contribution >= 0.6 is 0 Å². The molecule has 0 saturated heterocycles. The molecule has 2 aliphatic rings. The number of rotatable bonds is 1. The zero-order valence-electron chi connectivity index (χ0n) is 12.2. The molecule has 0 N–H and O–H groups in total. The van der Waals surface area contributed by atoms with Crippen molar-refractivity contribution >= 4 is 11.6 Å². The zero-order chi connectivity index (χ0) is 13.8. The van der Waals surface area contributed by atoms with Gasteiger partial charge in [-0.15, -0.1) is 0 Å². The Morgan fingerprint density at radius 1 is 1.11 bits per heavy atom. The van der Waals surface area contributed by atoms with Gasteiger partial charge < -0.3 is 0 Å². The summed E-state index contributed by atoms with van der Waals surface area (Å²) in [4.78, 5) is 21.2. The Morgan fingerprint density at radius 3 is 2.00 bits per heavy atom. The number of allylic oxidation sites excluding steroid dienone is 2. The summed E-state index contributed by atoms with van der Waals surface area (Å²) < 4.78 is 0. The molecule has 1 saturated carbocycles. The highest BCUT2D eigenvalue weighted by Gasteiger charge is 2.16. The molecular formula is C16H28O2. The van der Waals surface area contributed by atoms with Gasteiger partial charge in [0, 0.05) is 12.3 Å². The summed E-state index contributed by atoms with van der Waals surface area (Å²) in [5.74, 6) is 1.10. The smallest absolute Gasteiger partial charge is 0.155 e. The molecule has 0 atom stereocenters. The largest absolute Gasteiger partial charge is 0.300 e. The molecule has 2 aliphatic carbocycles. The molecule has 0 aromatic heterocycles. The Kier molecular flexibility index (Phi) is 10.6. The molecule has 0 aromatic carbocycles. The Bertz CT molecular complexity index is 260. The zero-order valence-corrected chi connectivity index (χ0v) is 12.2. The quantitative estimate of drug-likeness (QED) is 0.689. The van der Waals surface area contributed by atoms with Crippen molar-refractivity contribution in [3.8, 4) is 0 Å². The van der Waals surface area contributed by atoms with Gasteiger partial charge >= 0.3 is 0 Å². The van der Waals surface area contributed by atoms with E-state index < -0.39 is 0 Å². The van der Waals surface area contributed by atoms with Crippen LogP contribution < -0.4 is 0 Å². The minimum Gasteiger partial charge on any atom is -0.300 e. The summed E-state index contributed by atoms with van der Waals surface area (Å²) in [5.41, 5.74) is 0. The van der Waals surface area contributed by atoms with Crippen LogP contribution in [0.1, 0.15) is 72.1 Å². The summed E-state index contributed by atoms with van der Waals surface area (Å²) >= 11 is 0. The van der Waals surface area contributed by atoms with E-state index in [0.717, 1.165) is 32.1 Å². The second-order valence-corrected chi connectivity index (χ2v) is 4.71. The van der Waals surface area contributed by atoms with Crippen LogP contribution in [0.2, 0.25) is 0 Å². The number of carbonyl (C=O) groups is 2. The van der Waals surface area contributed by atoms with Gasteiger partial charge in [-0.05, 0) is 38.7 Å². The van der Waals surface area contributed by atoms with Crippen molar-refractivity contribution in [2.75, 3.05) is 0 Å². The normalized spacial score (nSPS) is 19.2. The van der Waals surface area contributed by atoms with Gasteiger partial charge in [0.1, 0.15) is 5.78 Å². The van der Waals surface area contributed by atoms with E-state index in [1.54, 1.807) is 13.0 Å². The van der Waals surface area contributed by atoms with Gasteiger partial charge in [0.05, 0.1) is 0 Å². The lowest BCUT2D eigenvalue weighted by Gasteiger charge is -2.17. The molecule has 0 heterocycles. The Morgan fingerprint density at radius 2 is 1.72 bits per heavy atom. The third-order valence-corrected chi connectivity index (χ3v) is 3.28. The van der Waals surface area contributed by atoms with E-state index in [9.17, 15) is 9.59 Å². The van der Waals surface area contributed by atoms with Crippen LogP contribution in [0.4, 0.5) is 0 Å². The average molecular weight is 252 g/mol. The lowest BCUT2D eigenvalue weighted by Crippen LogP contribution is -2.13. The highest BCUT2D eigenvalue weighted by atomic mass is 16.1. The summed E-state index contributed by atoms with van der Waals surface area (Å²) in [6.07, 6.45) is 12.7. The fourth-order valence-corrected chi connectivity index (χ4v) is 2.20. The highest BCUT2D eigenvalue weighted by molar-refractivity contribution is 5.90. The maximum atomic E-state index is 10.8. The first-order valence-corrected chi connectivity index (χ1v) is 7.40. The predicted molar refractivity (Wildman–Crippen MR) is 76.6 cm³/mol. The van der Waals surface area contributed by atoms with Crippen LogP contribution in [-0.2, 0) is 9.59 Å². The number of hydrogen-bond acceptors (Lipinski definition) is 2. The molecule has 0 aliphatic heterocycles. The van der Waals surface area contributed by atoms with Crippen molar-refractivity contribution in [2.24, 2.45) is 5.92 Å². The van der Waals surface area contributed by atoms with Gasteiger partial charge in [0.25, 0.3) is 0 Å². The summed E-state index contributed by atoms with van der Waals surface area (Å²) in [5, 5.41) is 0. The number of hydrogen-bond donors (Lipinski definition) is 0. The monoisotopic (exact) mass is 252 g/mol. The minimum absolute atomic E-state index is 0.284. The Labute approximate surface area is 112 Å². The molecule has 2 rings (SSSR count). The number of Topliss-reactive ketones (excluding diaryl/α,β-unsaturated/α-hetero) is 1. The highest BCUT2D eigenvalue weighted by Crippen LogP contribution is 2.23. The molecule has 1 fully saturated rings. The molecule has 0 radical (unpaired) electrons. The van der Waals surface area contributed by atoms with E-state index in [4.69, 9.17) is 0 Å². The maximum Gasteiger partial charge on any atom is 0.155 e. The Hall–Kier alpha value is -0.920. The molecule has 18 heavy (non-hydrogen) atoms. The summed E-state index contributed by atoms with van der Waals surface area (Å²) in [7, 11) is 0. The van der Waals surface area contributed by atoms with Crippen LogP contribution in [0.5, 0.6) is 0 Å². The van der Waals surface area contributed by atoms with Crippen molar-refractivity contribution < 1.29 is 9.59 Å². The SMILES string of the molecule is CC.CC(=O)C1CCCCC1.O=C1C=CCCC1. The third kappa shape index (κ3) is 8.21. The molecular weight excluding hydrogens is 224 g/mol.